The van der Waals surface area contributed by atoms with E-state index in [-0.39, 0.29) is 0 Å². The fourth-order valence-corrected chi connectivity index (χ4v) is 3.03. The van der Waals surface area contributed by atoms with Crippen molar-refractivity contribution >= 4 is 14.8 Å². The summed E-state index contributed by atoms with van der Waals surface area (Å²) in [6.07, 6.45) is 4.96. The van der Waals surface area contributed by atoms with Crippen LogP contribution in [0.4, 0.5) is 0 Å². The summed E-state index contributed by atoms with van der Waals surface area (Å²) in [6.45, 7) is 7.94. The van der Waals surface area contributed by atoms with Gasteiger partial charge in [-0.15, -0.1) is 0 Å². The maximum atomic E-state index is 4.70. The van der Waals surface area contributed by atoms with Crippen molar-refractivity contribution in [1.82, 2.24) is 9.80 Å². The second-order valence-electron chi connectivity index (χ2n) is 5.06. The number of hydrogen-bond acceptors (Lipinski definition) is 1. The van der Waals surface area contributed by atoms with E-state index in [4.69, 9.17) is 4.99 Å². The maximum Gasteiger partial charge on any atom is 0.195 e. The Morgan fingerprint density at radius 2 is 1.75 bits per heavy atom. The topological polar surface area (TPSA) is 18.8 Å². The van der Waals surface area contributed by atoms with Crippen molar-refractivity contribution in [2.45, 2.75) is 39.3 Å². The van der Waals surface area contributed by atoms with Gasteiger partial charge in [0.1, 0.15) is 0 Å². The van der Waals surface area contributed by atoms with Gasteiger partial charge in [0, 0.05) is 33.9 Å². The van der Waals surface area contributed by atoms with Crippen LogP contribution in [-0.2, 0) is 0 Å². The molecule has 0 atom stereocenters. The molecule has 0 bridgehead atoms. The molecule has 0 rings (SSSR count). The lowest BCUT2D eigenvalue weighted by atomic mass is 10.2. The third-order valence-corrected chi connectivity index (χ3v) is 3.67. The highest BCUT2D eigenvalue weighted by Gasteiger charge is 2.10. The molecular weight excluding hydrogens is 214 g/mol. The average molecular weight is 243 g/mol. The number of aliphatic imine (C=N–C) groups is 1. The third kappa shape index (κ3) is 6.88. The standard InChI is InChI=1S/C12H29N3Si/c1-7-8-9-10-13-12(14(2)3)15(4)11-16(5)6/h16H,7-11H2,1-6H3. The minimum Gasteiger partial charge on any atom is -0.349 e. The number of hydrogen-bond donors (Lipinski definition) is 0. The van der Waals surface area contributed by atoms with Crippen LogP contribution in [-0.4, -0.2) is 58.4 Å². The first-order valence-electron chi connectivity index (χ1n) is 6.41. The summed E-state index contributed by atoms with van der Waals surface area (Å²) in [4.78, 5) is 9.14. The quantitative estimate of drug-likeness (QED) is 0.308. The van der Waals surface area contributed by atoms with Crippen LogP contribution in [0.3, 0.4) is 0 Å². The van der Waals surface area contributed by atoms with Gasteiger partial charge >= 0.3 is 0 Å². The Morgan fingerprint density at radius 3 is 2.19 bits per heavy atom. The molecule has 0 saturated carbocycles. The molecule has 0 unspecified atom stereocenters. The zero-order chi connectivity index (χ0) is 12.6. The van der Waals surface area contributed by atoms with E-state index in [0.717, 1.165) is 12.5 Å². The monoisotopic (exact) mass is 243 g/mol. The van der Waals surface area contributed by atoms with Crippen molar-refractivity contribution in [3.63, 3.8) is 0 Å². The summed E-state index contributed by atoms with van der Waals surface area (Å²) in [5.74, 6) is 1.14. The molecule has 0 aliphatic carbocycles. The minimum absolute atomic E-state index is 0.555. The Kier molecular flexibility index (Phi) is 8.34. The van der Waals surface area contributed by atoms with Crippen molar-refractivity contribution in [1.29, 1.82) is 0 Å². The van der Waals surface area contributed by atoms with Gasteiger partial charge in [0.15, 0.2) is 5.96 Å². The predicted molar refractivity (Wildman–Crippen MR) is 77.0 cm³/mol. The maximum absolute atomic E-state index is 4.70. The van der Waals surface area contributed by atoms with E-state index in [1.807, 2.05) is 0 Å². The Morgan fingerprint density at radius 1 is 1.12 bits per heavy atom. The summed E-state index contributed by atoms with van der Waals surface area (Å²) in [5.41, 5.74) is 0. The molecular formula is C12H29N3Si. The van der Waals surface area contributed by atoms with Crippen molar-refractivity contribution in [3.05, 3.63) is 0 Å². The number of unbranched alkanes of at least 4 members (excludes halogenated alkanes) is 2. The van der Waals surface area contributed by atoms with Gasteiger partial charge in [-0.25, -0.2) is 0 Å². The highest BCUT2D eigenvalue weighted by Crippen LogP contribution is 1.98. The van der Waals surface area contributed by atoms with Crippen LogP contribution < -0.4 is 0 Å². The zero-order valence-corrected chi connectivity index (χ0v) is 13.1. The number of rotatable bonds is 6. The molecule has 3 nitrogen and oxygen atoms in total. The van der Waals surface area contributed by atoms with Gasteiger partial charge in [-0.2, -0.15) is 0 Å². The zero-order valence-electron chi connectivity index (χ0n) is 12.0. The predicted octanol–water partition coefficient (Wildman–Crippen LogP) is 2.05. The Bertz CT molecular complexity index is 202. The molecule has 16 heavy (non-hydrogen) atoms. The SMILES string of the molecule is CCCCCN=C(N(C)C)N(C)C[SiH](C)C. The van der Waals surface area contributed by atoms with Crippen LogP contribution in [0.15, 0.2) is 4.99 Å². The lowest BCUT2D eigenvalue weighted by Crippen LogP contribution is -2.42. The fraction of sp³-hybridized carbons (Fsp3) is 0.917. The molecule has 0 amide bonds. The van der Waals surface area contributed by atoms with Crippen molar-refractivity contribution in [2.24, 2.45) is 4.99 Å². The van der Waals surface area contributed by atoms with E-state index in [1.54, 1.807) is 0 Å². The highest BCUT2D eigenvalue weighted by atomic mass is 28.3. The van der Waals surface area contributed by atoms with E-state index < -0.39 is 8.80 Å². The van der Waals surface area contributed by atoms with Gasteiger partial charge in [-0.3, -0.25) is 4.99 Å². The highest BCUT2D eigenvalue weighted by molar-refractivity contribution is 6.56. The van der Waals surface area contributed by atoms with Gasteiger partial charge in [0.2, 0.25) is 0 Å². The summed E-state index contributed by atoms with van der Waals surface area (Å²) in [5, 5.41) is 0. The molecule has 0 saturated heterocycles. The first-order chi connectivity index (χ1) is 7.49. The minimum atomic E-state index is -0.555. The van der Waals surface area contributed by atoms with Crippen LogP contribution in [0.25, 0.3) is 0 Å². The van der Waals surface area contributed by atoms with Crippen LogP contribution in [0, 0.1) is 0 Å². The number of nitrogens with zero attached hydrogens (tertiary/aromatic N) is 3. The van der Waals surface area contributed by atoms with Crippen molar-refractivity contribution in [3.8, 4) is 0 Å². The molecule has 0 spiro atoms. The van der Waals surface area contributed by atoms with Crippen molar-refractivity contribution < 1.29 is 0 Å². The smallest absolute Gasteiger partial charge is 0.195 e. The molecule has 0 aliphatic rings. The fourth-order valence-electron chi connectivity index (χ4n) is 1.77. The van der Waals surface area contributed by atoms with Gasteiger partial charge < -0.3 is 9.80 Å². The van der Waals surface area contributed by atoms with Gasteiger partial charge in [-0.05, 0) is 6.42 Å². The van der Waals surface area contributed by atoms with E-state index >= 15 is 0 Å². The Hall–Kier alpha value is -0.513. The summed E-state index contributed by atoms with van der Waals surface area (Å²) < 4.78 is 0. The van der Waals surface area contributed by atoms with Crippen LogP contribution in [0.1, 0.15) is 26.2 Å². The Balaban J connectivity index is 4.24. The van der Waals surface area contributed by atoms with E-state index in [9.17, 15) is 0 Å². The molecule has 0 radical (unpaired) electrons. The molecule has 96 valence electrons. The van der Waals surface area contributed by atoms with Gasteiger partial charge in [0.05, 0.1) is 8.80 Å². The lowest BCUT2D eigenvalue weighted by Gasteiger charge is -2.27. The largest absolute Gasteiger partial charge is 0.349 e. The molecule has 0 aromatic heterocycles. The van der Waals surface area contributed by atoms with Crippen LogP contribution >= 0.6 is 0 Å². The third-order valence-electron chi connectivity index (χ3n) is 2.40. The van der Waals surface area contributed by atoms with Crippen molar-refractivity contribution in [2.75, 3.05) is 33.9 Å². The molecule has 0 aromatic rings. The van der Waals surface area contributed by atoms with Crippen LogP contribution in [0.5, 0.6) is 0 Å². The van der Waals surface area contributed by atoms with E-state index in [2.05, 4.69) is 51.0 Å². The molecule has 0 aromatic carbocycles. The summed E-state index contributed by atoms with van der Waals surface area (Å²) in [6, 6.07) is 0. The Labute approximate surface area is 103 Å². The van der Waals surface area contributed by atoms with E-state index in [1.165, 1.54) is 25.4 Å². The summed E-state index contributed by atoms with van der Waals surface area (Å²) >= 11 is 0. The molecule has 0 heterocycles. The molecule has 0 aliphatic heterocycles. The average Bonchev–Trinajstić information content (AvgIpc) is 2.15. The summed E-state index contributed by atoms with van der Waals surface area (Å²) in [7, 11) is 5.76. The number of guanidine groups is 1. The normalized spacial score (nSPS) is 12.1. The first kappa shape index (κ1) is 15.5. The molecule has 0 N–H and O–H groups in total. The lowest BCUT2D eigenvalue weighted by molar-refractivity contribution is 0.462. The van der Waals surface area contributed by atoms with Gasteiger partial charge in [0.25, 0.3) is 0 Å². The second-order valence-corrected chi connectivity index (χ2v) is 8.21. The molecule has 0 fully saturated rings. The first-order valence-corrected chi connectivity index (χ1v) is 9.54. The van der Waals surface area contributed by atoms with E-state index in [0.29, 0.717) is 0 Å². The van der Waals surface area contributed by atoms with Crippen LogP contribution in [0.2, 0.25) is 13.1 Å². The van der Waals surface area contributed by atoms with Gasteiger partial charge in [-0.1, -0.05) is 32.9 Å². The second kappa shape index (κ2) is 8.62. The molecule has 4 heteroatoms.